The number of sulfonamides is 1. The second-order valence-corrected chi connectivity index (χ2v) is 7.77. The Bertz CT molecular complexity index is 810. The fourth-order valence-electron chi connectivity index (χ4n) is 2.46. The fraction of sp³-hybridized carbons (Fsp3) is 0.267. The monoisotopic (exact) mass is 337 g/mol. The van der Waals surface area contributed by atoms with Crippen molar-refractivity contribution in [1.29, 1.82) is 0 Å². The minimum Gasteiger partial charge on any atom is -0.376 e. The van der Waals surface area contributed by atoms with E-state index in [4.69, 9.17) is 4.74 Å². The Balaban J connectivity index is 2.02. The highest BCUT2D eigenvalue weighted by atomic mass is 32.2. The summed E-state index contributed by atoms with van der Waals surface area (Å²) in [6.07, 6.45) is 0.633. The van der Waals surface area contributed by atoms with E-state index in [0.29, 0.717) is 30.2 Å². The highest BCUT2D eigenvalue weighted by molar-refractivity contribution is 7.93. The number of hydrogen-bond acceptors (Lipinski definition) is 5. The van der Waals surface area contributed by atoms with E-state index in [1.165, 1.54) is 30.4 Å². The topological polar surface area (TPSA) is 72.5 Å². The van der Waals surface area contributed by atoms with Crippen LogP contribution in [0.1, 0.15) is 27.7 Å². The smallest absolute Gasteiger partial charge is 0.262 e. The lowest BCUT2D eigenvalue weighted by atomic mass is 10.0. The van der Waals surface area contributed by atoms with Crippen LogP contribution in [0.5, 0.6) is 0 Å². The van der Waals surface area contributed by atoms with E-state index >= 15 is 0 Å². The molecule has 1 N–H and O–H groups in total. The molecule has 1 aromatic heterocycles. The zero-order chi connectivity index (χ0) is 15.7. The van der Waals surface area contributed by atoms with Gasteiger partial charge >= 0.3 is 0 Å². The Kier molecular flexibility index (Phi) is 4.03. The maximum atomic E-state index is 12.4. The number of ether oxygens (including phenoxy) is 1. The molecule has 2 aromatic rings. The molecule has 0 spiro atoms. The quantitative estimate of drug-likeness (QED) is 0.871. The van der Waals surface area contributed by atoms with Gasteiger partial charge in [0.25, 0.3) is 10.0 Å². The van der Waals surface area contributed by atoms with Crippen molar-refractivity contribution in [2.75, 3.05) is 11.3 Å². The SMILES string of the molecule is CC(=O)c1c(NS(=O)(=O)c2ccccc2)sc2c1CCOC2. The van der Waals surface area contributed by atoms with Crippen molar-refractivity contribution in [2.45, 2.75) is 24.8 Å². The maximum Gasteiger partial charge on any atom is 0.262 e. The molecule has 0 aliphatic carbocycles. The van der Waals surface area contributed by atoms with Crippen molar-refractivity contribution < 1.29 is 17.9 Å². The first-order valence-corrected chi connectivity index (χ1v) is 9.10. The molecule has 0 unspecified atom stereocenters. The number of Topliss-reactive ketones (excluding diaryl/α,β-unsaturated/α-hetero) is 1. The summed E-state index contributed by atoms with van der Waals surface area (Å²) in [5.41, 5.74) is 1.39. The second kappa shape index (κ2) is 5.83. The van der Waals surface area contributed by atoms with Crippen molar-refractivity contribution in [3.8, 4) is 0 Å². The van der Waals surface area contributed by atoms with Gasteiger partial charge in [0, 0.05) is 4.88 Å². The van der Waals surface area contributed by atoms with E-state index in [1.807, 2.05) is 0 Å². The fourth-order valence-corrected chi connectivity index (χ4v) is 5.02. The zero-order valence-corrected chi connectivity index (χ0v) is 13.6. The molecule has 0 radical (unpaired) electrons. The summed E-state index contributed by atoms with van der Waals surface area (Å²) in [5, 5.41) is 0.381. The van der Waals surface area contributed by atoms with Crippen LogP contribution in [0.15, 0.2) is 35.2 Å². The van der Waals surface area contributed by atoms with Gasteiger partial charge in [0.2, 0.25) is 0 Å². The number of anilines is 1. The van der Waals surface area contributed by atoms with Gasteiger partial charge in [-0.1, -0.05) is 18.2 Å². The number of ketones is 1. The molecule has 1 aromatic carbocycles. The molecule has 116 valence electrons. The van der Waals surface area contributed by atoms with E-state index in [2.05, 4.69) is 4.72 Å². The molecular formula is C15H15NO4S2. The van der Waals surface area contributed by atoms with Gasteiger partial charge in [-0.3, -0.25) is 9.52 Å². The normalized spacial score (nSPS) is 14.4. The summed E-state index contributed by atoms with van der Waals surface area (Å²) in [6, 6.07) is 8.11. The van der Waals surface area contributed by atoms with E-state index in [-0.39, 0.29) is 10.7 Å². The standard InChI is InChI=1S/C15H15NO4S2/c1-10(17)14-12-7-8-20-9-13(12)21-15(14)16-22(18,19)11-5-3-2-4-6-11/h2-6,16H,7-9H2,1H3. The number of fused-ring (bicyclic) bond motifs is 1. The van der Waals surface area contributed by atoms with Crippen LogP contribution in [0.4, 0.5) is 5.00 Å². The molecule has 7 heteroatoms. The summed E-state index contributed by atoms with van der Waals surface area (Å²) in [7, 11) is -3.70. The van der Waals surface area contributed by atoms with Crippen molar-refractivity contribution >= 4 is 32.1 Å². The number of thiophene rings is 1. The molecule has 0 saturated heterocycles. The Morgan fingerprint density at radius 1 is 1.27 bits per heavy atom. The highest BCUT2D eigenvalue weighted by Crippen LogP contribution is 2.37. The van der Waals surface area contributed by atoms with Crippen LogP contribution in [0, 0.1) is 0 Å². The first kappa shape index (κ1) is 15.2. The first-order chi connectivity index (χ1) is 10.5. The van der Waals surface area contributed by atoms with Gasteiger partial charge < -0.3 is 4.74 Å². The molecule has 0 saturated carbocycles. The molecule has 1 aliphatic heterocycles. The average molecular weight is 337 g/mol. The molecule has 5 nitrogen and oxygen atoms in total. The predicted molar refractivity (Wildman–Crippen MR) is 84.9 cm³/mol. The predicted octanol–water partition coefficient (Wildman–Crippen LogP) is 2.82. The minimum absolute atomic E-state index is 0.134. The van der Waals surface area contributed by atoms with Crippen molar-refractivity contribution in [3.05, 3.63) is 46.3 Å². The number of rotatable bonds is 4. The molecule has 0 amide bonds. The third-order valence-corrected chi connectivity index (χ3v) is 6.07. The Morgan fingerprint density at radius 3 is 2.68 bits per heavy atom. The average Bonchev–Trinajstić information content (AvgIpc) is 2.85. The maximum absolute atomic E-state index is 12.4. The van der Waals surface area contributed by atoms with Crippen molar-refractivity contribution in [1.82, 2.24) is 0 Å². The van der Waals surface area contributed by atoms with Gasteiger partial charge in [0.1, 0.15) is 5.00 Å². The van der Waals surface area contributed by atoms with E-state index in [1.54, 1.807) is 18.2 Å². The number of hydrogen-bond donors (Lipinski definition) is 1. The molecule has 3 rings (SSSR count). The largest absolute Gasteiger partial charge is 0.376 e. The van der Waals surface area contributed by atoms with Gasteiger partial charge in [-0.2, -0.15) is 0 Å². The molecular weight excluding hydrogens is 322 g/mol. The summed E-state index contributed by atoms with van der Waals surface area (Å²) in [6.45, 7) is 2.43. The first-order valence-electron chi connectivity index (χ1n) is 6.80. The molecule has 2 heterocycles. The molecule has 22 heavy (non-hydrogen) atoms. The van der Waals surface area contributed by atoms with Crippen molar-refractivity contribution in [2.24, 2.45) is 0 Å². The Hall–Kier alpha value is -1.70. The summed E-state index contributed by atoms with van der Waals surface area (Å²) in [4.78, 5) is 13.0. The number of carbonyl (C=O) groups is 1. The van der Waals surface area contributed by atoms with Crippen LogP contribution < -0.4 is 4.72 Å². The van der Waals surface area contributed by atoms with E-state index in [0.717, 1.165) is 10.4 Å². The number of benzene rings is 1. The third-order valence-electron chi connectivity index (χ3n) is 3.45. The number of carbonyl (C=O) groups excluding carboxylic acids is 1. The molecule has 0 fully saturated rings. The molecule has 1 aliphatic rings. The van der Waals surface area contributed by atoms with Gasteiger partial charge in [-0.05, 0) is 31.0 Å². The third kappa shape index (κ3) is 2.79. The lowest BCUT2D eigenvalue weighted by Crippen LogP contribution is -2.15. The van der Waals surface area contributed by atoms with Crippen LogP contribution in [0.25, 0.3) is 0 Å². The second-order valence-electron chi connectivity index (χ2n) is 4.99. The van der Waals surface area contributed by atoms with E-state index in [9.17, 15) is 13.2 Å². The van der Waals surface area contributed by atoms with Crippen LogP contribution in [-0.2, 0) is 27.8 Å². The Labute approximate surface area is 133 Å². The summed E-state index contributed by atoms with van der Waals surface area (Å²) >= 11 is 1.28. The van der Waals surface area contributed by atoms with Crippen LogP contribution in [0.3, 0.4) is 0 Å². The van der Waals surface area contributed by atoms with Gasteiger partial charge in [0.05, 0.1) is 23.7 Å². The van der Waals surface area contributed by atoms with Gasteiger partial charge in [-0.15, -0.1) is 11.3 Å². The van der Waals surface area contributed by atoms with Crippen molar-refractivity contribution in [3.63, 3.8) is 0 Å². The highest BCUT2D eigenvalue weighted by Gasteiger charge is 2.26. The van der Waals surface area contributed by atoms with Crippen LogP contribution in [0.2, 0.25) is 0 Å². The summed E-state index contributed by atoms with van der Waals surface area (Å²) < 4.78 is 32.8. The number of nitrogens with one attached hydrogen (secondary N) is 1. The van der Waals surface area contributed by atoms with Gasteiger partial charge in [0.15, 0.2) is 5.78 Å². The lowest BCUT2D eigenvalue weighted by molar-refractivity contribution is 0.100. The summed E-state index contributed by atoms with van der Waals surface area (Å²) in [5.74, 6) is -0.134. The Morgan fingerprint density at radius 2 is 2.00 bits per heavy atom. The lowest BCUT2D eigenvalue weighted by Gasteiger charge is -2.12. The zero-order valence-electron chi connectivity index (χ0n) is 12.0. The molecule has 0 bridgehead atoms. The van der Waals surface area contributed by atoms with Crippen LogP contribution >= 0.6 is 11.3 Å². The van der Waals surface area contributed by atoms with Crippen LogP contribution in [-0.4, -0.2) is 20.8 Å². The molecule has 0 atom stereocenters. The van der Waals surface area contributed by atoms with E-state index < -0.39 is 10.0 Å². The van der Waals surface area contributed by atoms with Gasteiger partial charge in [-0.25, -0.2) is 8.42 Å². The minimum atomic E-state index is -3.70.